The Hall–Kier alpha value is -2.20. The minimum absolute atomic E-state index is 0.226. The number of aromatic nitrogens is 1. The molecule has 0 bridgehead atoms. The van der Waals surface area contributed by atoms with Crippen LogP contribution in [0.3, 0.4) is 0 Å². The van der Waals surface area contributed by atoms with Crippen LogP contribution in [0.1, 0.15) is 23.1 Å². The van der Waals surface area contributed by atoms with Crippen LogP contribution in [0.25, 0.3) is 17.0 Å². The average Bonchev–Trinajstić information content (AvgIpc) is 3.16. The van der Waals surface area contributed by atoms with Crippen molar-refractivity contribution in [3.05, 3.63) is 82.5 Å². The lowest BCUT2D eigenvalue weighted by Gasteiger charge is -2.10. The molecule has 0 amide bonds. The molecule has 1 saturated heterocycles. The summed E-state index contributed by atoms with van der Waals surface area (Å²) in [5, 5.41) is 1.79. The summed E-state index contributed by atoms with van der Waals surface area (Å²) in [5.41, 5.74) is 4.12. The van der Waals surface area contributed by atoms with Gasteiger partial charge in [-0.1, -0.05) is 54.1 Å². The lowest BCUT2D eigenvalue weighted by atomic mass is 10.1. The molecular weight excluding hydrogens is 334 g/mol. The average molecular weight is 352 g/mol. The summed E-state index contributed by atoms with van der Waals surface area (Å²) in [6.45, 7) is 1.32. The van der Waals surface area contributed by atoms with Crippen LogP contribution < -0.4 is 0 Å². The number of halogens is 1. The third-order valence-corrected chi connectivity index (χ3v) is 4.40. The van der Waals surface area contributed by atoms with Crippen LogP contribution >= 0.6 is 11.6 Å². The van der Waals surface area contributed by atoms with E-state index in [2.05, 4.69) is 29.3 Å². The van der Waals surface area contributed by atoms with Gasteiger partial charge >= 0.3 is 0 Å². The molecule has 0 radical (unpaired) electrons. The highest BCUT2D eigenvalue weighted by Crippen LogP contribution is 2.24. The fourth-order valence-electron chi connectivity index (χ4n) is 2.93. The molecule has 1 aliphatic heterocycles. The first-order valence-electron chi connectivity index (χ1n) is 8.33. The number of pyridine rings is 1. The Morgan fingerprint density at radius 2 is 1.88 bits per heavy atom. The summed E-state index contributed by atoms with van der Waals surface area (Å²) in [5.74, 6) is 0. The third kappa shape index (κ3) is 3.90. The molecule has 3 nitrogen and oxygen atoms in total. The maximum atomic E-state index is 6.05. The molecule has 3 aromatic rings. The van der Waals surface area contributed by atoms with Gasteiger partial charge in [0.15, 0.2) is 6.29 Å². The molecule has 0 atom stereocenters. The van der Waals surface area contributed by atoms with Gasteiger partial charge in [0.2, 0.25) is 0 Å². The second-order valence-corrected chi connectivity index (χ2v) is 6.43. The van der Waals surface area contributed by atoms with Gasteiger partial charge < -0.3 is 9.47 Å². The zero-order valence-electron chi connectivity index (χ0n) is 13.7. The van der Waals surface area contributed by atoms with Gasteiger partial charge in [-0.25, -0.2) is 4.98 Å². The van der Waals surface area contributed by atoms with Crippen LogP contribution in [0.15, 0.2) is 60.7 Å². The van der Waals surface area contributed by atoms with Gasteiger partial charge in [0, 0.05) is 16.0 Å². The summed E-state index contributed by atoms with van der Waals surface area (Å²) in [4.78, 5) is 4.64. The normalized spacial score (nSPS) is 15.4. The summed E-state index contributed by atoms with van der Waals surface area (Å²) in [6, 6.07) is 18.2. The Kier molecular flexibility index (Phi) is 4.79. The zero-order valence-corrected chi connectivity index (χ0v) is 14.4. The predicted octanol–water partition coefficient (Wildman–Crippen LogP) is 5.19. The van der Waals surface area contributed by atoms with E-state index in [1.807, 2.05) is 42.5 Å². The van der Waals surface area contributed by atoms with Crippen molar-refractivity contribution in [1.29, 1.82) is 0 Å². The van der Waals surface area contributed by atoms with Crippen LogP contribution in [0, 0.1) is 0 Å². The van der Waals surface area contributed by atoms with Gasteiger partial charge in [-0.15, -0.1) is 0 Å². The Morgan fingerprint density at radius 3 is 2.76 bits per heavy atom. The quantitative estimate of drug-likeness (QED) is 0.648. The monoisotopic (exact) mass is 351 g/mol. The molecule has 2 heterocycles. The molecule has 1 fully saturated rings. The number of nitrogens with zero attached hydrogens (tertiary/aromatic N) is 1. The van der Waals surface area contributed by atoms with Crippen molar-refractivity contribution in [2.75, 3.05) is 13.2 Å². The van der Waals surface area contributed by atoms with Crippen LogP contribution in [0.2, 0.25) is 5.02 Å². The molecule has 4 heteroatoms. The minimum atomic E-state index is -0.226. The van der Waals surface area contributed by atoms with E-state index in [1.54, 1.807) is 0 Å². The Morgan fingerprint density at radius 1 is 1.04 bits per heavy atom. The minimum Gasteiger partial charge on any atom is -0.346 e. The van der Waals surface area contributed by atoms with Crippen LogP contribution in [-0.4, -0.2) is 18.2 Å². The molecule has 0 spiro atoms. The molecule has 25 heavy (non-hydrogen) atoms. The Bertz CT molecular complexity index is 917. The van der Waals surface area contributed by atoms with Gasteiger partial charge in [0.05, 0.1) is 24.4 Å². The van der Waals surface area contributed by atoms with E-state index in [9.17, 15) is 0 Å². The summed E-state index contributed by atoms with van der Waals surface area (Å²) in [7, 11) is 0. The molecule has 0 saturated carbocycles. The van der Waals surface area contributed by atoms with Crippen molar-refractivity contribution in [2.45, 2.75) is 12.7 Å². The van der Waals surface area contributed by atoms with Gasteiger partial charge in [-0.3, -0.25) is 0 Å². The molecule has 4 rings (SSSR count). The standard InChI is InChI=1S/C21H18ClNO2/c22-18-9-7-16-8-10-19(23-20(16)14-18)6-2-4-15-3-1-5-17(13-15)21-24-11-12-25-21/h1-3,5-10,13-14,21H,4,11-12H2. The van der Waals surface area contributed by atoms with Crippen molar-refractivity contribution in [1.82, 2.24) is 4.98 Å². The molecule has 0 N–H and O–H groups in total. The van der Waals surface area contributed by atoms with E-state index < -0.39 is 0 Å². The van der Waals surface area contributed by atoms with Gasteiger partial charge in [0.1, 0.15) is 0 Å². The van der Waals surface area contributed by atoms with Crippen molar-refractivity contribution in [2.24, 2.45) is 0 Å². The molecule has 0 unspecified atom stereocenters. The summed E-state index contributed by atoms with van der Waals surface area (Å²) in [6.07, 6.45) is 4.76. The summed E-state index contributed by atoms with van der Waals surface area (Å²) < 4.78 is 11.1. The van der Waals surface area contributed by atoms with Crippen molar-refractivity contribution >= 4 is 28.6 Å². The first kappa shape index (κ1) is 16.3. The molecule has 1 aromatic heterocycles. The fourth-order valence-corrected chi connectivity index (χ4v) is 3.10. The number of hydrogen-bond acceptors (Lipinski definition) is 3. The number of fused-ring (bicyclic) bond motifs is 1. The number of ether oxygens (including phenoxy) is 2. The van der Waals surface area contributed by atoms with Gasteiger partial charge in [-0.2, -0.15) is 0 Å². The lowest BCUT2D eigenvalue weighted by Crippen LogP contribution is -1.98. The SMILES string of the molecule is Clc1ccc2ccc(C=CCc3cccc(C4OCCO4)c3)nc2c1. The number of rotatable bonds is 4. The van der Waals surface area contributed by atoms with Crippen LogP contribution in [-0.2, 0) is 15.9 Å². The highest BCUT2D eigenvalue weighted by atomic mass is 35.5. The van der Waals surface area contributed by atoms with Crippen LogP contribution in [0.5, 0.6) is 0 Å². The van der Waals surface area contributed by atoms with Crippen molar-refractivity contribution in [3.63, 3.8) is 0 Å². The topological polar surface area (TPSA) is 31.4 Å². The third-order valence-electron chi connectivity index (χ3n) is 4.16. The molecule has 126 valence electrons. The first-order valence-corrected chi connectivity index (χ1v) is 8.71. The Balaban J connectivity index is 1.48. The van der Waals surface area contributed by atoms with Gasteiger partial charge in [0.25, 0.3) is 0 Å². The maximum Gasteiger partial charge on any atom is 0.184 e. The second kappa shape index (κ2) is 7.36. The van der Waals surface area contributed by atoms with E-state index in [0.717, 1.165) is 28.6 Å². The largest absolute Gasteiger partial charge is 0.346 e. The fraction of sp³-hybridized carbons (Fsp3) is 0.190. The lowest BCUT2D eigenvalue weighted by molar-refractivity contribution is -0.0441. The van der Waals surface area contributed by atoms with Crippen LogP contribution in [0.4, 0.5) is 0 Å². The number of benzene rings is 2. The molecule has 0 aliphatic carbocycles. The van der Waals surface area contributed by atoms with E-state index in [-0.39, 0.29) is 6.29 Å². The van der Waals surface area contributed by atoms with E-state index in [0.29, 0.717) is 18.2 Å². The van der Waals surface area contributed by atoms with Crippen molar-refractivity contribution in [3.8, 4) is 0 Å². The van der Waals surface area contributed by atoms with Gasteiger partial charge in [-0.05, 0) is 36.3 Å². The Labute approximate surface area is 151 Å². The number of hydrogen-bond donors (Lipinski definition) is 0. The smallest absolute Gasteiger partial charge is 0.184 e. The maximum absolute atomic E-state index is 6.05. The predicted molar refractivity (Wildman–Crippen MR) is 101 cm³/mol. The number of allylic oxidation sites excluding steroid dienone is 1. The highest BCUT2D eigenvalue weighted by molar-refractivity contribution is 6.31. The molecule has 1 aliphatic rings. The van der Waals surface area contributed by atoms with E-state index in [1.165, 1.54) is 5.56 Å². The first-order chi connectivity index (χ1) is 12.3. The highest BCUT2D eigenvalue weighted by Gasteiger charge is 2.17. The van der Waals surface area contributed by atoms with E-state index >= 15 is 0 Å². The van der Waals surface area contributed by atoms with E-state index in [4.69, 9.17) is 21.1 Å². The molecule has 2 aromatic carbocycles. The zero-order chi connectivity index (χ0) is 17.1. The summed E-state index contributed by atoms with van der Waals surface area (Å²) >= 11 is 6.05. The second-order valence-electron chi connectivity index (χ2n) is 6.00. The van der Waals surface area contributed by atoms with Crippen molar-refractivity contribution < 1.29 is 9.47 Å². The molecular formula is C21H18ClNO2.